The first-order valence-corrected chi connectivity index (χ1v) is 12.4. The van der Waals surface area contributed by atoms with E-state index in [1.54, 1.807) is 6.07 Å². The highest BCUT2D eigenvalue weighted by molar-refractivity contribution is 8.00. The third-order valence-electron chi connectivity index (χ3n) is 6.43. The molecule has 1 aromatic carbocycles. The minimum absolute atomic E-state index is 0.0132. The molecule has 0 atom stereocenters. The van der Waals surface area contributed by atoms with Crippen molar-refractivity contribution in [3.8, 4) is 0 Å². The number of para-hydroxylation sites is 1. The number of anilines is 2. The van der Waals surface area contributed by atoms with Gasteiger partial charge in [0.15, 0.2) is 5.65 Å². The summed E-state index contributed by atoms with van der Waals surface area (Å²) >= 11 is 1.84. The Hall–Kier alpha value is -2.82. The molecule has 3 aromatic rings. The lowest BCUT2D eigenvalue weighted by atomic mass is 9.96. The van der Waals surface area contributed by atoms with Crippen LogP contribution in [-0.4, -0.2) is 44.1 Å². The maximum Gasteiger partial charge on any atom is 0.453 e. The molecule has 34 heavy (non-hydrogen) atoms. The standard InChI is InChI=1S/C23H25F3N6OS/c24-23(25,26)22-29-28-19-9-10-20(30-32(19)22)31-13-11-15(12-14-31)21(33)27-17-7-3-4-8-18(17)34-16-5-1-2-6-16/h3-4,7-10,15-16H,1-2,5-6,11-14H2,(H,27,33). The largest absolute Gasteiger partial charge is 0.453 e. The predicted molar refractivity (Wildman–Crippen MR) is 124 cm³/mol. The Morgan fingerprint density at radius 1 is 1.00 bits per heavy atom. The maximum atomic E-state index is 13.2. The molecule has 1 saturated heterocycles. The van der Waals surface area contributed by atoms with E-state index in [0.29, 0.717) is 37.0 Å². The molecule has 0 unspecified atom stereocenters. The van der Waals surface area contributed by atoms with Crippen LogP contribution >= 0.6 is 11.8 Å². The summed E-state index contributed by atoms with van der Waals surface area (Å²) in [5.74, 6) is -0.909. The van der Waals surface area contributed by atoms with E-state index in [-0.39, 0.29) is 17.5 Å². The highest BCUT2D eigenvalue weighted by Gasteiger charge is 2.38. The van der Waals surface area contributed by atoms with Crippen LogP contribution in [0.4, 0.5) is 24.7 Å². The molecule has 0 radical (unpaired) electrons. The normalized spacial score (nSPS) is 18.0. The SMILES string of the molecule is O=C(Nc1ccccc1SC1CCCC1)C1CCN(c2ccc3nnc(C(F)(F)F)n3n2)CC1. The molecule has 0 spiro atoms. The van der Waals surface area contributed by atoms with Crippen LogP contribution in [0.3, 0.4) is 0 Å². The van der Waals surface area contributed by atoms with E-state index in [0.717, 1.165) is 15.1 Å². The Bertz CT molecular complexity index is 1170. The minimum atomic E-state index is -4.64. The number of aromatic nitrogens is 4. The highest BCUT2D eigenvalue weighted by Crippen LogP contribution is 2.38. The fourth-order valence-corrected chi connectivity index (χ4v) is 5.92. The number of fused-ring (bicyclic) bond motifs is 1. The molecular formula is C23H25F3N6OS. The Morgan fingerprint density at radius 3 is 2.47 bits per heavy atom. The average Bonchev–Trinajstić information content (AvgIpc) is 3.49. The smallest absolute Gasteiger partial charge is 0.355 e. The summed E-state index contributed by atoms with van der Waals surface area (Å²) in [6, 6.07) is 11.0. The van der Waals surface area contributed by atoms with Gasteiger partial charge in [-0.25, -0.2) is 0 Å². The van der Waals surface area contributed by atoms with Gasteiger partial charge in [0, 0.05) is 29.2 Å². The topological polar surface area (TPSA) is 75.4 Å². The van der Waals surface area contributed by atoms with Gasteiger partial charge in [0.25, 0.3) is 5.82 Å². The maximum absolute atomic E-state index is 13.2. The van der Waals surface area contributed by atoms with Crippen molar-refractivity contribution in [2.75, 3.05) is 23.3 Å². The van der Waals surface area contributed by atoms with Crippen LogP contribution in [0, 0.1) is 5.92 Å². The van der Waals surface area contributed by atoms with Gasteiger partial charge in [-0.1, -0.05) is 25.0 Å². The zero-order chi connectivity index (χ0) is 23.7. The van der Waals surface area contributed by atoms with E-state index < -0.39 is 12.0 Å². The monoisotopic (exact) mass is 490 g/mol. The zero-order valence-electron chi connectivity index (χ0n) is 18.5. The number of hydrogen-bond acceptors (Lipinski definition) is 6. The number of carbonyl (C=O) groups excluding carboxylic acids is 1. The van der Waals surface area contributed by atoms with Crippen molar-refractivity contribution >= 4 is 34.8 Å². The number of halogens is 3. The predicted octanol–water partition coefficient (Wildman–Crippen LogP) is 5.03. The first kappa shape index (κ1) is 22.9. The molecule has 1 aliphatic heterocycles. The molecule has 1 amide bonds. The molecule has 11 heteroatoms. The number of alkyl halides is 3. The molecule has 1 aliphatic carbocycles. The lowest BCUT2D eigenvalue weighted by molar-refractivity contribution is -0.146. The second-order valence-electron chi connectivity index (χ2n) is 8.75. The van der Waals surface area contributed by atoms with Gasteiger partial charge in [-0.2, -0.15) is 17.7 Å². The van der Waals surface area contributed by atoms with Gasteiger partial charge in [0.2, 0.25) is 5.91 Å². The highest BCUT2D eigenvalue weighted by atomic mass is 32.2. The molecule has 2 fully saturated rings. The van der Waals surface area contributed by atoms with Gasteiger partial charge in [-0.3, -0.25) is 4.79 Å². The van der Waals surface area contributed by atoms with Crippen molar-refractivity contribution in [1.82, 2.24) is 19.8 Å². The van der Waals surface area contributed by atoms with E-state index in [4.69, 9.17) is 0 Å². The fraction of sp³-hybridized carbons (Fsp3) is 0.478. The first-order valence-electron chi connectivity index (χ1n) is 11.5. The van der Waals surface area contributed by atoms with E-state index in [9.17, 15) is 18.0 Å². The number of piperidine rings is 1. The van der Waals surface area contributed by atoms with Crippen molar-refractivity contribution in [2.24, 2.45) is 5.92 Å². The second kappa shape index (κ2) is 9.44. The van der Waals surface area contributed by atoms with Gasteiger partial charge in [-0.05, 0) is 49.9 Å². The van der Waals surface area contributed by atoms with Crippen molar-refractivity contribution in [3.05, 3.63) is 42.2 Å². The summed E-state index contributed by atoms with van der Waals surface area (Å²) in [7, 11) is 0. The van der Waals surface area contributed by atoms with E-state index in [1.165, 1.54) is 31.7 Å². The molecule has 180 valence electrons. The quantitative estimate of drug-likeness (QED) is 0.541. The third kappa shape index (κ3) is 4.84. The fourth-order valence-electron chi connectivity index (χ4n) is 4.59. The Labute approximate surface area is 199 Å². The summed E-state index contributed by atoms with van der Waals surface area (Å²) in [4.78, 5) is 16.0. The summed E-state index contributed by atoms with van der Waals surface area (Å²) in [6.45, 7) is 1.05. The molecule has 1 saturated carbocycles. The average molecular weight is 491 g/mol. The summed E-state index contributed by atoms with van der Waals surface area (Å²) < 4.78 is 40.2. The van der Waals surface area contributed by atoms with Crippen molar-refractivity contribution in [2.45, 2.75) is 54.8 Å². The second-order valence-corrected chi connectivity index (χ2v) is 10.1. The van der Waals surface area contributed by atoms with E-state index in [1.807, 2.05) is 34.9 Å². The number of amides is 1. The number of thioether (sulfide) groups is 1. The number of hydrogen-bond donors (Lipinski definition) is 1. The lowest BCUT2D eigenvalue weighted by Gasteiger charge is -2.32. The number of nitrogens with one attached hydrogen (secondary N) is 1. The number of nitrogens with zero attached hydrogens (tertiary/aromatic N) is 5. The third-order valence-corrected chi connectivity index (χ3v) is 7.85. The van der Waals surface area contributed by atoms with Gasteiger partial charge < -0.3 is 10.2 Å². The van der Waals surface area contributed by atoms with Gasteiger partial charge in [-0.15, -0.1) is 27.1 Å². The number of benzene rings is 1. The van der Waals surface area contributed by atoms with Crippen molar-refractivity contribution in [3.63, 3.8) is 0 Å². The van der Waals surface area contributed by atoms with Crippen LogP contribution in [0.25, 0.3) is 5.65 Å². The zero-order valence-corrected chi connectivity index (χ0v) is 19.3. The van der Waals surface area contributed by atoms with Gasteiger partial charge >= 0.3 is 6.18 Å². The Balaban J connectivity index is 1.22. The van der Waals surface area contributed by atoms with Crippen LogP contribution in [0.1, 0.15) is 44.3 Å². The molecule has 3 heterocycles. The summed E-state index contributed by atoms with van der Waals surface area (Å²) in [5.41, 5.74) is 0.894. The summed E-state index contributed by atoms with van der Waals surface area (Å²) in [6.07, 6.45) is 1.51. The van der Waals surface area contributed by atoms with Crippen LogP contribution < -0.4 is 10.2 Å². The molecular weight excluding hydrogens is 465 g/mol. The molecule has 7 nitrogen and oxygen atoms in total. The van der Waals surface area contributed by atoms with Crippen LogP contribution in [0.15, 0.2) is 41.3 Å². The van der Waals surface area contributed by atoms with Crippen LogP contribution in [-0.2, 0) is 11.0 Å². The number of rotatable bonds is 5. The minimum Gasteiger partial charge on any atom is -0.355 e. The van der Waals surface area contributed by atoms with Crippen LogP contribution in [0.5, 0.6) is 0 Å². The summed E-state index contributed by atoms with van der Waals surface area (Å²) in [5, 5.41) is 14.6. The van der Waals surface area contributed by atoms with Crippen molar-refractivity contribution < 1.29 is 18.0 Å². The molecule has 1 N–H and O–H groups in total. The Kier molecular flexibility index (Phi) is 6.37. The lowest BCUT2D eigenvalue weighted by Crippen LogP contribution is -2.38. The molecule has 2 aromatic heterocycles. The van der Waals surface area contributed by atoms with E-state index in [2.05, 4.69) is 26.7 Å². The van der Waals surface area contributed by atoms with Crippen molar-refractivity contribution in [1.29, 1.82) is 0 Å². The molecule has 0 bridgehead atoms. The number of carbonyl (C=O) groups is 1. The van der Waals surface area contributed by atoms with E-state index >= 15 is 0 Å². The Morgan fingerprint density at radius 2 is 1.74 bits per heavy atom. The first-order chi connectivity index (χ1) is 16.4. The van der Waals surface area contributed by atoms with Crippen LogP contribution in [0.2, 0.25) is 0 Å². The van der Waals surface area contributed by atoms with Gasteiger partial charge in [0.05, 0.1) is 5.69 Å². The van der Waals surface area contributed by atoms with Gasteiger partial charge in [0.1, 0.15) is 5.82 Å². The molecule has 2 aliphatic rings. The molecule has 5 rings (SSSR count).